The van der Waals surface area contributed by atoms with Gasteiger partial charge in [0.15, 0.2) is 0 Å². The SMILES string of the molecule is Cc1ccccc1C1=C(COc2ccc(CCC(=O)O)c(C)c2C)CCC1. The number of rotatable bonds is 7. The molecule has 3 heteroatoms. The second-order valence-electron chi connectivity index (χ2n) is 7.41. The van der Waals surface area contributed by atoms with Crippen molar-refractivity contribution in [2.75, 3.05) is 6.61 Å². The second kappa shape index (κ2) is 8.43. The molecule has 1 aliphatic rings. The number of hydrogen-bond acceptors (Lipinski definition) is 2. The molecule has 27 heavy (non-hydrogen) atoms. The summed E-state index contributed by atoms with van der Waals surface area (Å²) in [5.41, 5.74) is 8.84. The van der Waals surface area contributed by atoms with Gasteiger partial charge in [0.1, 0.15) is 12.4 Å². The van der Waals surface area contributed by atoms with E-state index >= 15 is 0 Å². The van der Waals surface area contributed by atoms with Crippen molar-refractivity contribution in [1.29, 1.82) is 0 Å². The fraction of sp³-hybridized carbons (Fsp3) is 0.375. The molecule has 0 saturated heterocycles. The van der Waals surface area contributed by atoms with Crippen LogP contribution in [0.4, 0.5) is 0 Å². The van der Waals surface area contributed by atoms with E-state index in [1.54, 1.807) is 0 Å². The average Bonchev–Trinajstić information content (AvgIpc) is 3.10. The Morgan fingerprint density at radius 3 is 2.56 bits per heavy atom. The van der Waals surface area contributed by atoms with Crippen molar-refractivity contribution < 1.29 is 14.6 Å². The number of aryl methyl sites for hydroxylation is 2. The maximum Gasteiger partial charge on any atom is 0.303 e. The van der Waals surface area contributed by atoms with Crippen LogP contribution in [-0.2, 0) is 11.2 Å². The van der Waals surface area contributed by atoms with E-state index in [2.05, 4.69) is 38.1 Å². The van der Waals surface area contributed by atoms with Crippen LogP contribution >= 0.6 is 0 Å². The highest BCUT2D eigenvalue weighted by molar-refractivity contribution is 5.73. The molecule has 0 unspecified atom stereocenters. The van der Waals surface area contributed by atoms with Gasteiger partial charge >= 0.3 is 5.97 Å². The molecule has 2 aromatic rings. The summed E-state index contributed by atoms with van der Waals surface area (Å²) in [5, 5.41) is 8.90. The van der Waals surface area contributed by atoms with Crippen LogP contribution in [0.25, 0.3) is 5.57 Å². The molecule has 0 atom stereocenters. The van der Waals surface area contributed by atoms with Crippen molar-refractivity contribution >= 4 is 11.5 Å². The van der Waals surface area contributed by atoms with E-state index < -0.39 is 5.97 Å². The summed E-state index contributed by atoms with van der Waals surface area (Å²) >= 11 is 0. The first-order valence-electron chi connectivity index (χ1n) is 9.68. The van der Waals surface area contributed by atoms with Gasteiger partial charge in [-0.1, -0.05) is 30.3 Å². The van der Waals surface area contributed by atoms with Gasteiger partial charge in [-0.3, -0.25) is 4.79 Å². The Hall–Kier alpha value is -2.55. The maximum atomic E-state index is 10.8. The number of allylic oxidation sites excluding steroid dienone is 1. The van der Waals surface area contributed by atoms with E-state index in [1.807, 2.05) is 19.1 Å². The third-order valence-corrected chi connectivity index (χ3v) is 5.66. The van der Waals surface area contributed by atoms with E-state index in [0.29, 0.717) is 13.0 Å². The third kappa shape index (κ3) is 4.41. The number of ether oxygens (including phenoxy) is 1. The molecular weight excluding hydrogens is 336 g/mol. The standard InChI is InChI=1S/C24H28O3/c1-16-7-4-5-9-21(16)22-10-6-8-20(22)15-27-23-13-11-19(12-14-24(25)26)17(2)18(23)3/h4-5,7,9,11,13H,6,8,10,12,14-15H2,1-3H3,(H,25,26). The van der Waals surface area contributed by atoms with E-state index in [4.69, 9.17) is 9.84 Å². The van der Waals surface area contributed by atoms with Crippen molar-refractivity contribution in [3.05, 3.63) is 69.8 Å². The molecule has 0 saturated carbocycles. The largest absolute Gasteiger partial charge is 0.489 e. The monoisotopic (exact) mass is 364 g/mol. The minimum absolute atomic E-state index is 0.160. The Morgan fingerprint density at radius 1 is 1.04 bits per heavy atom. The Morgan fingerprint density at radius 2 is 1.81 bits per heavy atom. The molecule has 3 rings (SSSR count). The van der Waals surface area contributed by atoms with Gasteiger partial charge in [-0.25, -0.2) is 0 Å². The van der Waals surface area contributed by atoms with Gasteiger partial charge in [-0.05, 0) is 91.5 Å². The summed E-state index contributed by atoms with van der Waals surface area (Å²) in [5.74, 6) is 0.138. The summed E-state index contributed by atoms with van der Waals surface area (Å²) in [6, 6.07) is 12.6. The lowest BCUT2D eigenvalue weighted by molar-refractivity contribution is -0.136. The van der Waals surface area contributed by atoms with Gasteiger partial charge in [0, 0.05) is 6.42 Å². The predicted octanol–water partition coefficient (Wildman–Crippen LogP) is 5.65. The molecule has 0 amide bonds. The topological polar surface area (TPSA) is 46.5 Å². The molecule has 2 aromatic carbocycles. The van der Waals surface area contributed by atoms with Gasteiger partial charge in [-0.2, -0.15) is 0 Å². The molecule has 0 spiro atoms. The number of carboxylic acid groups (broad SMARTS) is 1. The first kappa shape index (κ1) is 19.2. The van der Waals surface area contributed by atoms with Crippen molar-refractivity contribution in [3.8, 4) is 5.75 Å². The van der Waals surface area contributed by atoms with E-state index in [1.165, 1.54) is 28.7 Å². The minimum Gasteiger partial charge on any atom is -0.489 e. The number of hydrogen-bond donors (Lipinski definition) is 1. The average molecular weight is 364 g/mol. The molecule has 0 aliphatic heterocycles. The Kier molecular flexibility index (Phi) is 6.00. The Balaban J connectivity index is 1.76. The lowest BCUT2D eigenvalue weighted by Crippen LogP contribution is -2.05. The van der Waals surface area contributed by atoms with Crippen molar-refractivity contribution in [2.45, 2.75) is 52.9 Å². The normalized spacial score (nSPS) is 13.9. The van der Waals surface area contributed by atoms with E-state index in [-0.39, 0.29) is 6.42 Å². The predicted molar refractivity (Wildman–Crippen MR) is 109 cm³/mol. The van der Waals surface area contributed by atoms with Crippen LogP contribution in [0.2, 0.25) is 0 Å². The molecule has 1 aliphatic carbocycles. The van der Waals surface area contributed by atoms with E-state index in [0.717, 1.165) is 35.3 Å². The first-order valence-corrected chi connectivity index (χ1v) is 9.68. The number of benzene rings is 2. The second-order valence-corrected chi connectivity index (χ2v) is 7.41. The van der Waals surface area contributed by atoms with E-state index in [9.17, 15) is 4.79 Å². The first-order chi connectivity index (χ1) is 13.0. The molecule has 0 bridgehead atoms. The molecule has 3 nitrogen and oxygen atoms in total. The Bertz CT molecular complexity index is 877. The molecule has 0 heterocycles. The summed E-state index contributed by atoms with van der Waals surface area (Å²) in [6.07, 6.45) is 4.13. The van der Waals surface area contributed by atoms with Crippen LogP contribution in [0.3, 0.4) is 0 Å². The third-order valence-electron chi connectivity index (χ3n) is 5.66. The van der Waals surface area contributed by atoms with Crippen LogP contribution in [0, 0.1) is 20.8 Å². The zero-order valence-electron chi connectivity index (χ0n) is 16.5. The van der Waals surface area contributed by atoms with Crippen molar-refractivity contribution in [3.63, 3.8) is 0 Å². The summed E-state index contributed by atoms with van der Waals surface area (Å²) in [7, 11) is 0. The fourth-order valence-corrected chi connectivity index (χ4v) is 3.89. The molecule has 142 valence electrons. The van der Waals surface area contributed by atoms with Crippen LogP contribution in [0.15, 0.2) is 42.0 Å². The van der Waals surface area contributed by atoms with Crippen LogP contribution < -0.4 is 4.74 Å². The smallest absolute Gasteiger partial charge is 0.303 e. The highest BCUT2D eigenvalue weighted by atomic mass is 16.5. The van der Waals surface area contributed by atoms with Crippen molar-refractivity contribution in [1.82, 2.24) is 0 Å². The lowest BCUT2D eigenvalue weighted by atomic mass is 9.97. The fourth-order valence-electron chi connectivity index (χ4n) is 3.89. The summed E-state index contributed by atoms with van der Waals surface area (Å²) in [4.78, 5) is 10.8. The minimum atomic E-state index is -0.760. The molecule has 0 aromatic heterocycles. The zero-order chi connectivity index (χ0) is 19.4. The quantitative estimate of drug-likeness (QED) is 0.691. The maximum absolute atomic E-state index is 10.8. The van der Waals surface area contributed by atoms with Gasteiger partial charge in [-0.15, -0.1) is 0 Å². The number of carbonyl (C=O) groups is 1. The van der Waals surface area contributed by atoms with Crippen LogP contribution in [-0.4, -0.2) is 17.7 Å². The number of carboxylic acids is 1. The molecule has 0 fully saturated rings. The lowest BCUT2D eigenvalue weighted by Gasteiger charge is -2.16. The highest BCUT2D eigenvalue weighted by Crippen LogP contribution is 2.36. The van der Waals surface area contributed by atoms with Crippen LogP contribution in [0.5, 0.6) is 5.75 Å². The van der Waals surface area contributed by atoms with Crippen molar-refractivity contribution in [2.24, 2.45) is 0 Å². The molecule has 1 N–H and O–H groups in total. The summed E-state index contributed by atoms with van der Waals surface area (Å²) in [6.45, 7) is 6.90. The molecule has 0 radical (unpaired) electrons. The van der Waals surface area contributed by atoms with Gasteiger partial charge in [0.25, 0.3) is 0 Å². The Labute approximate surface area is 161 Å². The molecular formula is C24H28O3. The van der Waals surface area contributed by atoms with Gasteiger partial charge in [0.2, 0.25) is 0 Å². The summed E-state index contributed by atoms with van der Waals surface area (Å²) < 4.78 is 6.20. The zero-order valence-corrected chi connectivity index (χ0v) is 16.5. The van der Waals surface area contributed by atoms with Gasteiger partial charge in [0.05, 0.1) is 0 Å². The van der Waals surface area contributed by atoms with Crippen LogP contribution in [0.1, 0.15) is 53.5 Å². The van der Waals surface area contributed by atoms with Gasteiger partial charge < -0.3 is 9.84 Å². The number of aliphatic carboxylic acids is 1. The highest BCUT2D eigenvalue weighted by Gasteiger charge is 2.18.